The summed E-state index contributed by atoms with van der Waals surface area (Å²) in [5, 5.41) is 8.70. The summed E-state index contributed by atoms with van der Waals surface area (Å²) in [5.74, 6) is 1.72. The van der Waals surface area contributed by atoms with Crippen molar-refractivity contribution in [2.24, 2.45) is 0 Å². The Hall–Kier alpha value is -1.80. The minimum absolute atomic E-state index is 0.106. The fourth-order valence-corrected chi connectivity index (χ4v) is 1.32. The number of carboxylic acids is 1. The van der Waals surface area contributed by atoms with Crippen molar-refractivity contribution < 1.29 is 9.90 Å². The van der Waals surface area contributed by atoms with Gasteiger partial charge in [0.15, 0.2) is 5.69 Å². The van der Waals surface area contributed by atoms with E-state index in [4.69, 9.17) is 23.1 Å². The molecule has 0 amide bonds. The Balaban J connectivity index is 3.13. The van der Waals surface area contributed by atoms with Crippen LogP contribution >= 0.6 is 11.6 Å². The lowest BCUT2D eigenvalue weighted by Gasteiger charge is -2.18. The maximum atomic E-state index is 10.8. The molecule has 1 aromatic rings. The zero-order chi connectivity index (χ0) is 12.1. The fraction of sp³-hybridized carbons (Fsp3) is 0.300. The van der Waals surface area contributed by atoms with Crippen LogP contribution in [-0.2, 0) is 0 Å². The van der Waals surface area contributed by atoms with Crippen molar-refractivity contribution in [3.63, 3.8) is 0 Å². The number of nitrogens with zero attached hydrogens (tertiary/aromatic N) is 3. The molecule has 0 aliphatic carbocycles. The molecule has 1 heterocycles. The number of aromatic nitrogens is 2. The third-order valence-corrected chi connectivity index (χ3v) is 2.06. The molecule has 0 unspecified atom stereocenters. The number of hydrogen-bond donors (Lipinski definition) is 1. The molecule has 0 saturated carbocycles. The summed E-state index contributed by atoms with van der Waals surface area (Å²) in [6.07, 6.45) is 5.19. The van der Waals surface area contributed by atoms with Gasteiger partial charge >= 0.3 is 5.97 Å². The number of anilines is 1. The molecule has 16 heavy (non-hydrogen) atoms. The van der Waals surface area contributed by atoms with E-state index >= 15 is 0 Å². The lowest BCUT2D eigenvalue weighted by Crippen LogP contribution is -2.24. The second-order valence-corrected chi connectivity index (χ2v) is 3.24. The first-order valence-electron chi connectivity index (χ1n) is 4.54. The number of terminal acetylenes is 1. The Kier molecular flexibility index (Phi) is 4.09. The van der Waals surface area contributed by atoms with Crippen molar-refractivity contribution in [3.8, 4) is 12.3 Å². The molecule has 1 rings (SSSR count). The first kappa shape index (κ1) is 12.3. The van der Waals surface area contributed by atoms with Gasteiger partial charge in [-0.25, -0.2) is 14.8 Å². The highest BCUT2D eigenvalue weighted by Crippen LogP contribution is 2.14. The summed E-state index contributed by atoms with van der Waals surface area (Å²) in [5.41, 5.74) is -0.148. The second kappa shape index (κ2) is 5.33. The van der Waals surface area contributed by atoms with Crippen LogP contribution in [0.1, 0.15) is 17.4 Å². The smallest absolute Gasteiger partial charge is 0.354 e. The summed E-state index contributed by atoms with van der Waals surface area (Å²) >= 11 is 5.63. The summed E-state index contributed by atoms with van der Waals surface area (Å²) in [7, 11) is 0. The van der Waals surface area contributed by atoms with Gasteiger partial charge in [0.2, 0.25) is 5.28 Å². The molecule has 0 aromatic carbocycles. The van der Waals surface area contributed by atoms with Gasteiger partial charge in [0, 0.05) is 12.6 Å². The molecule has 0 radical (unpaired) electrons. The van der Waals surface area contributed by atoms with Crippen LogP contribution in [0.25, 0.3) is 0 Å². The normalized spacial score (nSPS) is 9.56. The highest BCUT2D eigenvalue weighted by Gasteiger charge is 2.12. The van der Waals surface area contributed by atoms with Crippen molar-refractivity contribution in [1.29, 1.82) is 0 Å². The van der Waals surface area contributed by atoms with E-state index in [1.807, 2.05) is 6.92 Å². The molecule has 1 aromatic heterocycles. The van der Waals surface area contributed by atoms with Gasteiger partial charge in [-0.3, -0.25) is 0 Å². The van der Waals surface area contributed by atoms with Gasteiger partial charge in [0.1, 0.15) is 5.82 Å². The zero-order valence-corrected chi connectivity index (χ0v) is 9.40. The predicted molar refractivity (Wildman–Crippen MR) is 60.7 cm³/mol. The van der Waals surface area contributed by atoms with Crippen LogP contribution in [0.5, 0.6) is 0 Å². The molecular weight excluding hydrogens is 230 g/mol. The Morgan fingerprint density at radius 3 is 2.88 bits per heavy atom. The SMILES string of the molecule is C#CCN(CC)c1cc(C(=O)O)nc(Cl)n1. The molecule has 84 valence electrons. The van der Waals surface area contributed by atoms with Crippen molar-refractivity contribution >= 4 is 23.4 Å². The second-order valence-electron chi connectivity index (χ2n) is 2.90. The quantitative estimate of drug-likeness (QED) is 0.634. The lowest BCUT2D eigenvalue weighted by molar-refractivity contribution is 0.0690. The van der Waals surface area contributed by atoms with Gasteiger partial charge < -0.3 is 10.0 Å². The minimum Gasteiger partial charge on any atom is -0.477 e. The van der Waals surface area contributed by atoms with E-state index in [0.29, 0.717) is 18.9 Å². The number of carboxylic acid groups (broad SMARTS) is 1. The van der Waals surface area contributed by atoms with E-state index in [1.54, 1.807) is 4.90 Å². The predicted octanol–water partition coefficient (Wildman–Crippen LogP) is 1.29. The molecular formula is C10H10ClN3O2. The standard InChI is InChI=1S/C10H10ClN3O2/c1-3-5-14(4-2)8-6-7(9(15)16)12-10(11)13-8/h1,6H,4-5H2,2H3,(H,15,16). The van der Waals surface area contributed by atoms with Crippen LogP contribution in [-0.4, -0.2) is 34.1 Å². The number of halogens is 1. The van der Waals surface area contributed by atoms with E-state index in [0.717, 1.165) is 0 Å². The third kappa shape index (κ3) is 2.84. The Bertz CT molecular complexity index is 442. The molecule has 0 spiro atoms. The molecule has 0 aliphatic rings. The van der Waals surface area contributed by atoms with Gasteiger partial charge in [-0.15, -0.1) is 6.42 Å². The van der Waals surface area contributed by atoms with E-state index in [9.17, 15) is 4.79 Å². The number of aromatic carboxylic acids is 1. The lowest BCUT2D eigenvalue weighted by atomic mass is 10.3. The highest BCUT2D eigenvalue weighted by molar-refractivity contribution is 6.28. The van der Waals surface area contributed by atoms with Gasteiger partial charge in [-0.2, -0.15) is 0 Å². The molecule has 6 heteroatoms. The highest BCUT2D eigenvalue weighted by atomic mass is 35.5. The Labute approximate surface area is 98.1 Å². The van der Waals surface area contributed by atoms with Crippen molar-refractivity contribution in [2.75, 3.05) is 18.0 Å². The third-order valence-electron chi connectivity index (χ3n) is 1.89. The monoisotopic (exact) mass is 239 g/mol. The van der Waals surface area contributed by atoms with E-state index in [2.05, 4.69) is 15.9 Å². The first-order chi connectivity index (χ1) is 7.58. The van der Waals surface area contributed by atoms with Gasteiger partial charge in [-0.1, -0.05) is 5.92 Å². The van der Waals surface area contributed by atoms with Crippen molar-refractivity contribution in [1.82, 2.24) is 9.97 Å². The average molecular weight is 240 g/mol. The molecule has 0 aliphatic heterocycles. The summed E-state index contributed by atoms with van der Waals surface area (Å²) in [6.45, 7) is 2.83. The zero-order valence-electron chi connectivity index (χ0n) is 8.64. The summed E-state index contributed by atoms with van der Waals surface area (Å²) < 4.78 is 0. The van der Waals surface area contributed by atoms with E-state index < -0.39 is 5.97 Å². The topological polar surface area (TPSA) is 66.3 Å². The van der Waals surface area contributed by atoms with Crippen LogP contribution in [0.15, 0.2) is 6.07 Å². The van der Waals surface area contributed by atoms with Crippen LogP contribution in [0.2, 0.25) is 5.28 Å². The summed E-state index contributed by atoms with van der Waals surface area (Å²) in [6, 6.07) is 1.34. The maximum absolute atomic E-state index is 10.8. The summed E-state index contributed by atoms with van der Waals surface area (Å²) in [4.78, 5) is 20.0. The molecule has 1 N–H and O–H groups in total. The first-order valence-corrected chi connectivity index (χ1v) is 4.92. The van der Waals surface area contributed by atoms with Crippen molar-refractivity contribution in [2.45, 2.75) is 6.92 Å². The fourth-order valence-electron chi connectivity index (χ4n) is 1.14. The number of hydrogen-bond acceptors (Lipinski definition) is 4. The maximum Gasteiger partial charge on any atom is 0.354 e. The average Bonchev–Trinajstić information content (AvgIpc) is 2.24. The van der Waals surface area contributed by atoms with Gasteiger partial charge in [0.25, 0.3) is 0 Å². The molecule has 0 saturated heterocycles. The number of rotatable bonds is 4. The van der Waals surface area contributed by atoms with Gasteiger partial charge in [-0.05, 0) is 18.5 Å². The molecule has 5 nitrogen and oxygen atoms in total. The van der Waals surface area contributed by atoms with Crippen LogP contribution in [0, 0.1) is 12.3 Å². The van der Waals surface area contributed by atoms with E-state index in [1.165, 1.54) is 6.07 Å². The largest absolute Gasteiger partial charge is 0.477 e. The molecule has 0 fully saturated rings. The van der Waals surface area contributed by atoms with Crippen molar-refractivity contribution in [3.05, 3.63) is 17.0 Å². The Morgan fingerprint density at radius 2 is 2.38 bits per heavy atom. The van der Waals surface area contributed by atoms with E-state index in [-0.39, 0.29) is 11.0 Å². The Morgan fingerprint density at radius 1 is 1.69 bits per heavy atom. The number of carbonyl (C=O) groups is 1. The minimum atomic E-state index is -1.15. The molecule has 0 bridgehead atoms. The van der Waals surface area contributed by atoms with Crippen LogP contribution < -0.4 is 4.90 Å². The molecule has 0 atom stereocenters. The van der Waals surface area contributed by atoms with Crippen LogP contribution in [0.4, 0.5) is 5.82 Å². The van der Waals surface area contributed by atoms with Crippen LogP contribution in [0.3, 0.4) is 0 Å². The van der Waals surface area contributed by atoms with Gasteiger partial charge in [0.05, 0.1) is 6.54 Å².